The van der Waals surface area contributed by atoms with E-state index >= 15 is 0 Å². The standard InChI is InChI=1S/C14H22N4O/c1-3-5-9-19-14-11(15)13(16-8-4-2)17-12(18-14)10-6-7-10/h4,10H,2-3,5-9,15H2,1H3,(H,16,17,18). The molecule has 5 heteroatoms. The van der Waals surface area contributed by atoms with Crippen LogP contribution in [0.2, 0.25) is 0 Å². The van der Waals surface area contributed by atoms with Crippen LogP contribution in [0.15, 0.2) is 12.7 Å². The van der Waals surface area contributed by atoms with E-state index in [0.717, 1.165) is 31.5 Å². The Morgan fingerprint density at radius 3 is 2.89 bits per heavy atom. The summed E-state index contributed by atoms with van der Waals surface area (Å²) in [4.78, 5) is 8.94. The lowest BCUT2D eigenvalue weighted by Gasteiger charge is -2.13. The van der Waals surface area contributed by atoms with Crippen molar-refractivity contribution in [2.45, 2.75) is 38.5 Å². The molecule has 5 nitrogen and oxygen atoms in total. The quantitative estimate of drug-likeness (QED) is 0.556. The summed E-state index contributed by atoms with van der Waals surface area (Å²) in [6.45, 7) is 7.07. The van der Waals surface area contributed by atoms with Gasteiger partial charge in [-0.15, -0.1) is 6.58 Å². The number of hydrogen-bond acceptors (Lipinski definition) is 5. The molecule has 1 aliphatic rings. The van der Waals surface area contributed by atoms with Crippen LogP contribution in [0, 0.1) is 0 Å². The molecule has 0 bridgehead atoms. The zero-order chi connectivity index (χ0) is 13.7. The zero-order valence-corrected chi connectivity index (χ0v) is 11.5. The first kappa shape index (κ1) is 13.6. The third-order valence-corrected chi connectivity index (χ3v) is 3.02. The number of ether oxygens (including phenoxy) is 1. The fourth-order valence-corrected chi connectivity index (χ4v) is 1.72. The van der Waals surface area contributed by atoms with Gasteiger partial charge in [0.05, 0.1) is 6.61 Å². The molecular weight excluding hydrogens is 240 g/mol. The number of nitrogens with zero attached hydrogens (tertiary/aromatic N) is 2. The van der Waals surface area contributed by atoms with E-state index in [2.05, 4.69) is 28.8 Å². The molecule has 0 amide bonds. The summed E-state index contributed by atoms with van der Waals surface area (Å²) in [5.41, 5.74) is 6.54. The lowest BCUT2D eigenvalue weighted by Crippen LogP contribution is -2.11. The maximum atomic E-state index is 6.05. The van der Waals surface area contributed by atoms with Crippen LogP contribution in [0.4, 0.5) is 11.5 Å². The fourth-order valence-electron chi connectivity index (χ4n) is 1.72. The van der Waals surface area contributed by atoms with Crippen molar-refractivity contribution >= 4 is 11.5 Å². The molecular formula is C14H22N4O. The van der Waals surface area contributed by atoms with E-state index in [1.807, 2.05) is 0 Å². The molecule has 1 fully saturated rings. The van der Waals surface area contributed by atoms with Gasteiger partial charge in [0, 0.05) is 12.5 Å². The Kier molecular flexibility index (Phi) is 4.60. The lowest BCUT2D eigenvalue weighted by atomic mass is 10.3. The number of unbranched alkanes of at least 4 members (excludes halogenated alkanes) is 1. The molecule has 1 aliphatic carbocycles. The molecule has 0 saturated heterocycles. The Morgan fingerprint density at radius 2 is 2.26 bits per heavy atom. The number of nitrogens with two attached hydrogens (primary N) is 1. The van der Waals surface area contributed by atoms with Crippen LogP contribution in [0.25, 0.3) is 0 Å². The highest BCUT2D eigenvalue weighted by Crippen LogP contribution is 2.40. The molecule has 0 unspecified atom stereocenters. The number of nitrogen functional groups attached to an aromatic ring is 1. The molecule has 104 valence electrons. The summed E-state index contributed by atoms with van der Waals surface area (Å²) >= 11 is 0. The van der Waals surface area contributed by atoms with Crippen LogP contribution < -0.4 is 15.8 Å². The van der Waals surface area contributed by atoms with E-state index in [4.69, 9.17) is 10.5 Å². The van der Waals surface area contributed by atoms with Crippen molar-refractivity contribution in [3.63, 3.8) is 0 Å². The molecule has 19 heavy (non-hydrogen) atoms. The molecule has 0 atom stereocenters. The second kappa shape index (κ2) is 6.41. The van der Waals surface area contributed by atoms with Crippen molar-refractivity contribution in [3.05, 3.63) is 18.5 Å². The summed E-state index contributed by atoms with van der Waals surface area (Å²) in [6, 6.07) is 0. The summed E-state index contributed by atoms with van der Waals surface area (Å²) < 4.78 is 5.67. The van der Waals surface area contributed by atoms with Crippen molar-refractivity contribution in [3.8, 4) is 5.88 Å². The van der Waals surface area contributed by atoms with E-state index in [-0.39, 0.29) is 0 Å². The number of nitrogens with one attached hydrogen (secondary N) is 1. The Labute approximate surface area is 114 Å². The van der Waals surface area contributed by atoms with Crippen molar-refractivity contribution in [1.82, 2.24) is 9.97 Å². The average molecular weight is 262 g/mol. The number of hydrogen-bond donors (Lipinski definition) is 2. The van der Waals surface area contributed by atoms with Gasteiger partial charge in [-0.05, 0) is 19.3 Å². The molecule has 0 aliphatic heterocycles. The molecule has 1 saturated carbocycles. The first-order chi connectivity index (χ1) is 9.26. The minimum atomic E-state index is 0.471. The second-order valence-electron chi connectivity index (χ2n) is 4.80. The normalized spacial score (nSPS) is 14.2. The van der Waals surface area contributed by atoms with E-state index in [1.54, 1.807) is 6.08 Å². The molecule has 1 aromatic heterocycles. The van der Waals surface area contributed by atoms with Crippen molar-refractivity contribution in [2.24, 2.45) is 0 Å². The SMILES string of the molecule is C=CCNc1nc(C2CC2)nc(OCCCC)c1N. The highest BCUT2D eigenvalue weighted by atomic mass is 16.5. The number of rotatable bonds is 8. The lowest BCUT2D eigenvalue weighted by molar-refractivity contribution is 0.298. The van der Waals surface area contributed by atoms with Crippen molar-refractivity contribution in [2.75, 3.05) is 24.2 Å². The smallest absolute Gasteiger partial charge is 0.242 e. The van der Waals surface area contributed by atoms with Crippen molar-refractivity contribution < 1.29 is 4.74 Å². The second-order valence-corrected chi connectivity index (χ2v) is 4.80. The van der Waals surface area contributed by atoms with Crippen LogP contribution in [0.3, 0.4) is 0 Å². The maximum Gasteiger partial charge on any atom is 0.242 e. The minimum Gasteiger partial charge on any atom is -0.476 e. The molecule has 0 spiro atoms. The summed E-state index contributed by atoms with van der Waals surface area (Å²) in [5, 5.41) is 3.14. The van der Waals surface area contributed by atoms with Gasteiger partial charge in [-0.1, -0.05) is 19.4 Å². The van der Waals surface area contributed by atoms with Gasteiger partial charge in [-0.2, -0.15) is 4.98 Å². The summed E-state index contributed by atoms with van der Waals surface area (Å²) in [7, 11) is 0. The van der Waals surface area contributed by atoms with Gasteiger partial charge >= 0.3 is 0 Å². The Bertz CT molecular complexity index is 443. The monoisotopic (exact) mass is 262 g/mol. The van der Waals surface area contributed by atoms with Gasteiger partial charge < -0.3 is 15.8 Å². The van der Waals surface area contributed by atoms with Gasteiger partial charge in [0.1, 0.15) is 11.5 Å². The average Bonchev–Trinajstić information content (AvgIpc) is 3.24. The van der Waals surface area contributed by atoms with Crippen molar-refractivity contribution in [1.29, 1.82) is 0 Å². The highest BCUT2D eigenvalue weighted by molar-refractivity contribution is 5.67. The predicted molar refractivity (Wildman–Crippen MR) is 77.5 cm³/mol. The maximum absolute atomic E-state index is 6.05. The third-order valence-electron chi connectivity index (χ3n) is 3.02. The van der Waals surface area contributed by atoms with Gasteiger partial charge in [-0.3, -0.25) is 0 Å². The summed E-state index contributed by atoms with van der Waals surface area (Å²) in [6.07, 6.45) is 6.16. The van der Waals surface area contributed by atoms with E-state index in [1.165, 1.54) is 0 Å². The van der Waals surface area contributed by atoms with Gasteiger partial charge in [0.15, 0.2) is 5.82 Å². The first-order valence-electron chi connectivity index (χ1n) is 6.91. The predicted octanol–water partition coefficient (Wildman–Crippen LogP) is 2.71. The third kappa shape index (κ3) is 3.59. The topological polar surface area (TPSA) is 73.1 Å². The zero-order valence-electron chi connectivity index (χ0n) is 11.5. The van der Waals surface area contributed by atoms with E-state index in [9.17, 15) is 0 Å². The molecule has 1 aromatic rings. The fraction of sp³-hybridized carbons (Fsp3) is 0.571. The molecule has 3 N–H and O–H groups in total. The van der Waals surface area contributed by atoms with Crippen LogP contribution in [0.5, 0.6) is 5.88 Å². The van der Waals surface area contributed by atoms with Gasteiger partial charge in [-0.25, -0.2) is 4.98 Å². The Morgan fingerprint density at radius 1 is 1.47 bits per heavy atom. The molecule has 1 heterocycles. The van der Waals surface area contributed by atoms with E-state index < -0.39 is 0 Å². The van der Waals surface area contributed by atoms with Crippen LogP contribution >= 0.6 is 0 Å². The minimum absolute atomic E-state index is 0.471. The number of aromatic nitrogens is 2. The highest BCUT2D eigenvalue weighted by Gasteiger charge is 2.28. The van der Waals surface area contributed by atoms with E-state index in [0.29, 0.717) is 36.5 Å². The van der Waals surface area contributed by atoms with Crippen LogP contribution in [0.1, 0.15) is 44.3 Å². The van der Waals surface area contributed by atoms with Crippen LogP contribution in [-0.4, -0.2) is 23.1 Å². The Balaban J connectivity index is 2.18. The first-order valence-corrected chi connectivity index (χ1v) is 6.91. The molecule has 0 radical (unpaired) electrons. The summed E-state index contributed by atoms with van der Waals surface area (Å²) in [5.74, 6) is 2.48. The number of anilines is 2. The van der Waals surface area contributed by atoms with Crippen LogP contribution in [-0.2, 0) is 0 Å². The van der Waals surface area contributed by atoms with Gasteiger partial charge in [0.25, 0.3) is 0 Å². The largest absolute Gasteiger partial charge is 0.476 e. The van der Waals surface area contributed by atoms with Gasteiger partial charge in [0.2, 0.25) is 5.88 Å². The molecule has 2 rings (SSSR count). The Hall–Kier alpha value is -1.78. The molecule has 0 aromatic carbocycles.